The number of carbonyl (C=O) groups excluding carboxylic acids is 2. The van der Waals surface area contributed by atoms with E-state index in [1.807, 2.05) is 13.8 Å². The first-order valence-electron chi connectivity index (χ1n) is 9.31. The number of nitrogens with one attached hydrogen (secondary N) is 1. The van der Waals surface area contributed by atoms with E-state index >= 15 is 4.39 Å². The molecule has 1 aromatic heterocycles. The van der Waals surface area contributed by atoms with Gasteiger partial charge >= 0.3 is 6.09 Å². The monoisotopic (exact) mass is 387 g/mol. The van der Waals surface area contributed by atoms with E-state index in [4.69, 9.17) is 10.5 Å². The Bertz CT molecular complexity index is 999. The molecule has 0 bridgehead atoms. The van der Waals surface area contributed by atoms with Gasteiger partial charge in [-0.05, 0) is 64.7 Å². The third-order valence-corrected chi connectivity index (χ3v) is 4.90. The van der Waals surface area contributed by atoms with Crippen molar-refractivity contribution < 1.29 is 18.7 Å². The molecule has 1 aromatic carbocycles. The normalized spacial score (nSPS) is 14.9. The van der Waals surface area contributed by atoms with Crippen LogP contribution < -0.4 is 5.73 Å². The maximum absolute atomic E-state index is 15.1. The molecular formula is C21H26FN3O3. The van der Waals surface area contributed by atoms with Crippen LogP contribution in [0.1, 0.15) is 60.8 Å². The third-order valence-electron chi connectivity index (χ3n) is 4.90. The lowest BCUT2D eigenvalue weighted by Crippen LogP contribution is -2.35. The average Bonchev–Trinajstić information content (AvgIpc) is 2.88. The van der Waals surface area contributed by atoms with E-state index in [0.717, 1.165) is 11.3 Å². The highest BCUT2D eigenvalue weighted by Crippen LogP contribution is 2.37. The molecule has 0 aliphatic carbocycles. The molecule has 2 aromatic rings. The Labute approximate surface area is 163 Å². The Morgan fingerprint density at radius 3 is 2.57 bits per heavy atom. The molecular weight excluding hydrogens is 361 g/mol. The van der Waals surface area contributed by atoms with Crippen LogP contribution in [0.25, 0.3) is 16.5 Å². The number of fused-ring (bicyclic) bond motifs is 1. The average molecular weight is 387 g/mol. The van der Waals surface area contributed by atoms with Crippen molar-refractivity contribution in [2.24, 2.45) is 5.73 Å². The number of carbonyl (C=O) groups is 2. The molecule has 7 heteroatoms. The Kier molecular flexibility index (Phi) is 4.95. The zero-order chi connectivity index (χ0) is 20.8. The van der Waals surface area contributed by atoms with Gasteiger partial charge in [0.25, 0.3) is 5.91 Å². The summed E-state index contributed by atoms with van der Waals surface area (Å²) in [7, 11) is 0. The first-order chi connectivity index (χ1) is 13.0. The minimum Gasteiger partial charge on any atom is -0.443 e. The Balaban J connectivity index is 2.15. The number of aromatic nitrogens is 1. The van der Waals surface area contributed by atoms with Crippen LogP contribution in [-0.2, 0) is 4.74 Å². The van der Waals surface area contributed by atoms with Crippen molar-refractivity contribution in [1.29, 1.82) is 0 Å². The summed E-state index contributed by atoms with van der Waals surface area (Å²) in [5.74, 6) is -1.22. The predicted octanol–water partition coefficient (Wildman–Crippen LogP) is 4.39. The van der Waals surface area contributed by atoms with Gasteiger partial charge in [0, 0.05) is 29.4 Å². The minimum atomic E-state index is -0.690. The Morgan fingerprint density at radius 2 is 1.96 bits per heavy atom. The van der Waals surface area contributed by atoms with Gasteiger partial charge in [-0.15, -0.1) is 0 Å². The number of hydrogen-bond acceptors (Lipinski definition) is 3. The van der Waals surface area contributed by atoms with Crippen molar-refractivity contribution in [2.45, 2.75) is 53.1 Å². The number of nitrogens with two attached hydrogens (primary N) is 1. The van der Waals surface area contributed by atoms with Crippen LogP contribution >= 0.6 is 0 Å². The molecule has 1 aliphatic heterocycles. The molecule has 0 unspecified atom stereocenters. The second-order valence-corrected chi connectivity index (χ2v) is 8.20. The summed E-state index contributed by atoms with van der Waals surface area (Å²) < 4.78 is 20.6. The highest BCUT2D eigenvalue weighted by molar-refractivity contribution is 6.09. The van der Waals surface area contributed by atoms with Crippen molar-refractivity contribution >= 4 is 28.5 Å². The fourth-order valence-electron chi connectivity index (χ4n) is 3.54. The number of primary amides is 1. The first kappa shape index (κ1) is 19.9. The smallest absolute Gasteiger partial charge is 0.414 e. The Hall–Kier alpha value is -2.83. The number of benzene rings is 1. The summed E-state index contributed by atoms with van der Waals surface area (Å²) in [6, 6.07) is 1.17. The molecule has 0 saturated carbocycles. The van der Waals surface area contributed by atoms with Gasteiger partial charge in [0.1, 0.15) is 11.4 Å². The molecule has 0 spiro atoms. The molecule has 0 saturated heterocycles. The summed E-state index contributed by atoms with van der Waals surface area (Å²) in [4.78, 5) is 28.9. The lowest BCUT2D eigenvalue weighted by molar-refractivity contribution is 0.0329. The second-order valence-electron chi connectivity index (χ2n) is 8.20. The molecule has 3 N–H and O–H groups in total. The maximum Gasteiger partial charge on any atom is 0.414 e. The zero-order valence-corrected chi connectivity index (χ0v) is 16.9. The van der Waals surface area contributed by atoms with Crippen molar-refractivity contribution in [3.8, 4) is 0 Å². The topological polar surface area (TPSA) is 88.4 Å². The standard InChI is InChI=1S/C21H26FN3O3/c1-11-12(2)24-18-14(19(23)26)9-15(22)17(16(11)18)13-7-6-8-25(10-13)20(27)28-21(3,4)5/h9-10,24H,6-8H2,1-5H3,(H2,23,26). The van der Waals surface area contributed by atoms with Crippen LogP contribution in [0.3, 0.4) is 0 Å². The number of aromatic amines is 1. The number of nitrogens with zero attached hydrogens (tertiary/aromatic N) is 1. The largest absolute Gasteiger partial charge is 0.443 e. The van der Waals surface area contributed by atoms with Crippen LogP contribution in [0, 0.1) is 19.7 Å². The van der Waals surface area contributed by atoms with E-state index in [2.05, 4.69) is 4.98 Å². The molecule has 1 aliphatic rings. The van der Waals surface area contributed by atoms with E-state index < -0.39 is 23.4 Å². The number of rotatable bonds is 2. The molecule has 0 fully saturated rings. The molecule has 0 atom stereocenters. The van der Waals surface area contributed by atoms with Crippen LogP contribution in [0.5, 0.6) is 0 Å². The second kappa shape index (κ2) is 6.96. The number of hydrogen-bond donors (Lipinski definition) is 2. The van der Waals surface area contributed by atoms with Crippen LogP contribution in [-0.4, -0.2) is 34.0 Å². The summed E-state index contributed by atoms with van der Waals surface area (Å²) >= 11 is 0. The van der Waals surface area contributed by atoms with Gasteiger partial charge in [0.05, 0.1) is 11.1 Å². The molecule has 6 nitrogen and oxygen atoms in total. The number of H-pyrrole nitrogens is 1. The molecule has 3 rings (SSSR count). The fourth-order valence-corrected chi connectivity index (χ4v) is 3.54. The van der Waals surface area contributed by atoms with Gasteiger partial charge in [-0.1, -0.05) is 0 Å². The third kappa shape index (κ3) is 3.61. The van der Waals surface area contributed by atoms with Gasteiger partial charge in [-0.2, -0.15) is 0 Å². The predicted molar refractivity (Wildman–Crippen MR) is 106 cm³/mol. The van der Waals surface area contributed by atoms with Gasteiger partial charge in [0.2, 0.25) is 0 Å². The molecule has 2 amide bonds. The fraction of sp³-hybridized carbons (Fsp3) is 0.429. The van der Waals surface area contributed by atoms with E-state index in [-0.39, 0.29) is 5.56 Å². The van der Waals surface area contributed by atoms with Crippen molar-refractivity contribution in [2.75, 3.05) is 6.54 Å². The number of allylic oxidation sites excluding steroid dienone is 1. The Morgan fingerprint density at radius 1 is 1.29 bits per heavy atom. The first-order valence-corrected chi connectivity index (χ1v) is 9.31. The lowest BCUT2D eigenvalue weighted by atomic mass is 9.92. The van der Waals surface area contributed by atoms with Crippen LogP contribution in [0.2, 0.25) is 0 Å². The number of aryl methyl sites for hydroxylation is 2. The summed E-state index contributed by atoms with van der Waals surface area (Å²) in [5.41, 5.74) is 8.25. The summed E-state index contributed by atoms with van der Waals surface area (Å²) in [6.45, 7) is 9.65. The number of amides is 2. The quantitative estimate of drug-likeness (QED) is 0.801. The molecule has 150 valence electrons. The van der Waals surface area contributed by atoms with E-state index in [9.17, 15) is 9.59 Å². The van der Waals surface area contributed by atoms with Gasteiger partial charge in [-0.25, -0.2) is 9.18 Å². The molecule has 2 heterocycles. The van der Waals surface area contributed by atoms with Gasteiger partial charge in [0.15, 0.2) is 0 Å². The SMILES string of the molecule is Cc1[nH]c2c(C(N)=O)cc(F)c(C3=CN(C(=O)OC(C)(C)C)CCC3)c2c1C. The molecule has 28 heavy (non-hydrogen) atoms. The van der Waals surface area contributed by atoms with Crippen molar-refractivity contribution in [3.05, 3.63) is 40.5 Å². The van der Waals surface area contributed by atoms with Crippen molar-refractivity contribution in [1.82, 2.24) is 9.88 Å². The van der Waals surface area contributed by atoms with Crippen molar-refractivity contribution in [3.63, 3.8) is 0 Å². The number of halogens is 1. The lowest BCUT2D eigenvalue weighted by Gasteiger charge is -2.29. The summed E-state index contributed by atoms with van der Waals surface area (Å²) in [5, 5.41) is 0.628. The highest BCUT2D eigenvalue weighted by atomic mass is 19.1. The maximum atomic E-state index is 15.1. The highest BCUT2D eigenvalue weighted by Gasteiger charge is 2.27. The minimum absolute atomic E-state index is 0.118. The van der Waals surface area contributed by atoms with Crippen LogP contribution in [0.15, 0.2) is 12.3 Å². The zero-order valence-electron chi connectivity index (χ0n) is 16.9. The van der Waals surface area contributed by atoms with Gasteiger partial charge < -0.3 is 15.5 Å². The van der Waals surface area contributed by atoms with E-state index in [0.29, 0.717) is 41.4 Å². The van der Waals surface area contributed by atoms with Gasteiger partial charge in [-0.3, -0.25) is 9.69 Å². The van der Waals surface area contributed by atoms with E-state index in [1.165, 1.54) is 11.0 Å². The van der Waals surface area contributed by atoms with Crippen LogP contribution in [0.4, 0.5) is 9.18 Å². The molecule has 0 radical (unpaired) electrons. The number of ether oxygens (including phenoxy) is 1. The van der Waals surface area contributed by atoms with E-state index in [1.54, 1.807) is 27.0 Å². The summed E-state index contributed by atoms with van der Waals surface area (Å²) in [6.07, 6.45) is 2.50.